The Morgan fingerprint density at radius 2 is 1.83 bits per heavy atom. The van der Waals surface area contributed by atoms with Crippen LogP contribution in [0, 0.1) is 5.82 Å². The second kappa shape index (κ2) is 5.92. The van der Waals surface area contributed by atoms with Gasteiger partial charge in [0.25, 0.3) is 0 Å². The second-order valence-electron chi connectivity index (χ2n) is 5.71. The molecular weight excluding hydrogens is 307 g/mol. The van der Waals surface area contributed by atoms with Crippen LogP contribution in [0.1, 0.15) is 23.6 Å². The Bertz CT molecular complexity index is 900. The summed E-state index contributed by atoms with van der Waals surface area (Å²) < 4.78 is 24.7. The molecule has 0 fully saturated rings. The van der Waals surface area contributed by atoms with Gasteiger partial charge in [-0.1, -0.05) is 18.2 Å². The van der Waals surface area contributed by atoms with E-state index in [1.165, 1.54) is 6.07 Å². The van der Waals surface area contributed by atoms with Gasteiger partial charge in [-0.25, -0.2) is 4.39 Å². The van der Waals surface area contributed by atoms with E-state index in [9.17, 15) is 4.39 Å². The van der Waals surface area contributed by atoms with Crippen molar-refractivity contribution in [2.24, 2.45) is 10.2 Å². The van der Waals surface area contributed by atoms with Gasteiger partial charge in [0, 0.05) is 23.3 Å². The summed E-state index contributed by atoms with van der Waals surface area (Å²) in [5, 5.41) is 8.55. The molecule has 120 valence electrons. The zero-order valence-electron chi connectivity index (χ0n) is 13.1. The van der Waals surface area contributed by atoms with Crippen LogP contribution in [0.3, 0.4) is 0 Å². The third kappa shape index (κ3) is 2.69. The number of fused-ring (bicyclic) bond motifs is 2. The van der Waals surface area contributed by atoms with Gasteiger partial charge in [0.05, 0.1) is 5.71 Å². The molecule has 0 aromatic heterocycles. The molecule has 0 saturated carbocycles. The predicted molar refractivity (Wildman–Crippen MR) is 91.3 cm³/mol. The van der Waals surface area contributed by atoms with E-state index in [0.29, 0.717) is 23.4 Å². The van der Waals surface area contributed by atoms with Gasteiger partial charge in [-0.15, -0.1) is 0 Å². The fourth-order valence-corrected chi connectivity index (χ4v) is 2.77. The van der Waals surface area contributed by atoms with Gasteiger partial charge < -0.3 is 9.47 Å². The Hall–Kier alpha value is -2.95. The SMILES string of the molecule is CC1=NN=C(/C=C/c2ccccc2F)c2cc3c(cc2C1)OCO3. The molecule has 4 rings (SSSR count). The van der Waals surface area contributed by atoms with Gasteiger partial charge in [0.2, 0.25) is 6.79 Å². The van der Waals surface area contributed by atoms with Crippen LogP contribution in [-0.2, 0) is 6.42 Å². The fourth-order valence-electron chi connectivity index (χ4n) is 2.77. The minimum Gasteiger partial charge on any atom is -0.454 e. The molecular formula is C19H15FN2O2. The molecule has 2 aromatic carbocycles. The van der Waals surface area contributed by atoms with Crippen LogP contribution in [0.25, 0.3) is 6.08 Å². The number of rotatable bonds is 2. The van der Waals surface area contributed by atoms with Crippen LogP contribution in [0.15, 0.2) is 52.7 Å². The molecule has 2 aliphatic heterocycles. The first-order chi connectivity index (χ1) is 11.7. The molecule has 2 aromatic rings. The third-order valence-corrected chi connectivity index (χ3v) is 3.98. The van der Waals surface area contributed by atoms with Crippen LogP contribution in [-0.4, -0.2) is 18.2 Å². The maximum Gasteiger partial charge on any atom is 0.231 e. The molecule has 5 heteroatoms. The molecule has 24 heavy (non-hydrogen) atoms. The second-order valence-corrected chi connectivity index (χ2v) is 5.71. The zero-order chi connectivity index (χ0) is 16.5. The number of halogens is 1. The first kappa shape index (κ1) is 14.6. The highest BCUT2D eigenvalue weighted by Gasteiger charge is 2.20. The predicted octanol–water partition coefficient (Wildman–Crippen LogP) is 3.99. The number of allylic oxidation sites excluding steroid dienone is 1. The van der Waals surface area contributed by atoms with Crippen LogP contribution < -0.4 is 9.47 Å². The van der Waals surface area contributed by atoms with E-state index in [4.69, 9.17) is 9.47 Å². The lowest BCUT2D eigenvalue weighted by atomic mass is 9.97. The quantitative estimate of drug-likeness (QED) is 0.839. The Balaban J connectivity index is 1.77. The zero-order valence-corrected chi connectivity index (χ0v) is 13.1. The maximum absolute atomic E-state index is 13.8. The van der Waals surface area contributed by atoms with E-state index < -0.39 is 0 Å². The van der Waals surface area contributed by atoms with Crippen molar-refractivity contribution in [1.29, 1.82) is 0 Å². The summed E-state index contributed by atoms with van der Waals surface area (Å²) in [6.07, 6.45) is 4.17. The van der Waals surface area contributed by atoms with Crippen molar-refractivity contribution >= 4 is 17.5 Å². The Kier molecular flexibility index (Phi) is 3.61. The fraction of sp³-hybridized carbons (Fsp3) is 0.158. The summed E-state index contributed by atoms with van der Waals surface area (Å²) in [5.41, 5.74) is 4.07. The minimum absolute atomic E-state index is 0.225. The van der Waals surface area contributed by atoms with Crippen molar-refractivity contribution in [3.05, 3.63) is 65.0 Å². The average molecular weight is 322 g/mol. The molecule has 0 unspecified atom stereocenters. The molecule has 0 amide bonds. The van der Waals surface area contributed by atoms with Gasteiger partial charge in [-0.2, -0.15) is 10.2 Å². The van der Waals surface area contributed by atoms with Crippen molar-refractivity contribution < 1.29 is 13.9 Å². The number of ether oxygens (including phenoxy) is 2. The third-order valence-electron chi connectivity index (χ3n) is 3.98. The summed E-state index contributed by atoms with van der Waals surface area (Å²) in [4.78, 5) is 0. The molecule has 2 aliphatic rings. The Morgan fingerprint density at radius 3 is 2.67 bits per heavy atom. The monoisotopic (exact) mass is 322 g/mol. The molecule has 0 radical (unpaired) electrons. The molecule has 0 N–H and O–H groups in total. The Morgan fingerprint density at radius 1 is 1.04 bits per heavy atom. The largest absolute Gasteiger partial charge is 0.454 e. The summed E-state index contributed by atoms with van der Waals surface area (Å²) in [6, 6.07) is 10.5. The van der Waals surface area contributed by atoms with Crippen LogP contribution in [0.2, 0.25) is 0 Å². The standard InChI is InChI=1S/C19H15FN2O2/c1-12-8-14-9-18-19(24-11-23-18)10-15(14)17(22-21-12)7-6-13-4-2-3-5-16(13)20/h2-7,9-10H,8,11H2,1H3/b7-6+. The highest BCUT2D eigenvalue weighted by molar-refractivity contribution is 6.13. The summed E-state index contributed by atoms with van der Waals surface area (Å²) in [5.74, 6) is 1.16. The van der Waals surface area contributed by atoms with E-state index in [1.54, 1.807) is 30.4 Å². The van der Waals surface area contributed by atoms with Gasteiger partial charge in [-0.3, -0.25) is 0 Å². The maximum atomic E-state index is 13.8. The first-order valence-corrected chi connectivity index (χ1v) is 7.67. The van der Waals surface area contributed by atoms with Crippen LogP contribution >= 0.6 is 0 Å². The Labute approximate surface area is 138 Å². The first-order valence-electron chi connectivity index (χ1n) is 7.67. The lowest BCUT2D eigenvalue weighted by Gasteiger charge is -2.08. The highest BCUT2D eigenvalue weighted by atomic mass is 19.1. The van der Waals surface area contributed by atoms with Gasteiger partial charge in [0.1, 0.15) is 5.82 Å². The minimum atomic E-state index is -0.270. The van der Waals surface area contributed by atoms with Gasteiger partial charge in [-0.05, 0) is 42.8 Å². The molecule has 0 spiro atoms. The van der Waals surface area contributed by atoms with E-state index in [1.807, 2.05) is 19.1 Å². The lowest BCUT2D eigenvalue weighted by molar-refractivity contribution is 0.174. The number of benzene rings is 2. The summed E-state index contributed by atoms with van der Waals surface area (Å²) >= 11 is 0. The van der Waals surface area contributed by atoms with Crippen molar-refractivity contribution in [3.63, 3.8) is 0 Å². The summed E-state index contributed by atoms with van der Waals surface area (Å²) in [6.45, 7) is 2.16. The molecule has 0 aliphatic carbocycles. The molecule has 4 nitrogen and oxygen atoms in total. The molecule has 0 atom stereocenters. The number of nitrogens with zero attached hydrogens (tertiary/aromatic N) is 2. The van der Waals surface area contributed by atoms with E-state index in [2.05, 4.69) is 10.2 Å². The van der Waals surface area contributed by atoms with Crippen molar-refractivity contribution in [2.45, 2.75) is 13.3 Å². The van der Waals surface area contributed by atoms with Crippen molar-refractivity contribution in [2.75, 3.05) is 6.79 Å². The normalized spacial score (nSPS) is 15.8. The lowest BCUT2D eigenvalue weighted by Crippen LogP contribution is -2.03. The average Bonchev–Trinajstić information content (AvgIpc) is 2.97. The molecule has 0 saturated heterocycles. The topological polar surface area (TPSA) is 43.2 Å². The van der Waals surface area contributed by atoms with E-state index >= 15 is 0 Å². The van der Waals surface area contributed by atoms with Crippen LogP contribution in [0.5, 0.6) is 11.5 Å². The number of hydrogen-bond acceptors (Lipinski definition) is 4. The summed E-state index contributed by atoms with van der Waals surface area (Å²) in [7, 11) is 0. The van der Waals surface area contributed by atoms with Gasteiger partial charge in [0.15, 0.2) is 11.5 Å². The smallest absolute Gasteiger partial charge is 0.231 e. The molecule has 2 heterocycles. The van der Waals surface area contributed by atoms with Gasteiger partial charge >= 0.3 is 0 Å². The van der Waals surface area contributed by atoms with Crippen LogP contribution in [0.4, 0.5) is 4.39 Å². The molecule has 0 bridgehead atoms. The highest BCUT2D eigenvalue weighted by Crippen LogP contribution is 2.36. The van der Waals surface area contributed by atoms with E-state index in [0.717, 1.165) is 22.6 Å². The van der Waals surface area contributed by atoms with Crippen molar-refractivity contribution in [3.8, 4) is 11.5 Å². The van der Waals surface area contributed by atoms with Crippen molar-refractivity contribution in [1.82, 2.24) is 0 Å². The van der Waals surface area contributed by atoms with E-state index in [-0.39, 0.29) is 12.6 Å². The number of hydrogen-bond donors (Lipinski definition) is 0.